The van der Waals surface area contributed by atoms with E-state index in [-0.39, 0.29) is 12.5 Å². The number of nitrogens with one attached hydrogen (secondary N) is 1. The van der Waals surface area contributed by atoms with Crippen molar-refractivity contribution in [2.45, 2.75) is 23.8 Å². The van der Waals surface area contributed by atoms with Crippen LogP contribution in [0.3, 0.4) is 0 Å². The second-order valence-electron chi connectivity index (χ2n) is 4.81. The Balaban J connectivity index is 2.00. The van der Waals surface area contributed by atoms with E-state index in [1.807, 2.05) is 6.08 Å². The van der Waals surface area contributed by atoms with Crippen LogP contribution in [0.15, 0.2) is 11.6 Å². The van der Waals surface area contributed by atoms with Gasteiger partial charge in [-0.3, -0.25) is 4.55 Å². The smallest absolute Gasteiger partial charge is 0.280 e. The van der Waals surface area contributed by atoms with Gasteiger partial charge in [-0.1, -0.05) is 11.6 Å². The Morgan fingerprint density at radius 1 is 1.37 bits per heavy atom. The molecule has 0 aromatic carbocycles. The van der Waals surface area contributed by atoms with Gasteiger partial charge < -0.3 is 0 Å². The lowest BCUT2D eigenvalue weighted by molar-refractivity contribution is 0.164. The van der Waals surface area contributed by atoms with Crippen molar-refractivity contribution in [3.05, 3.63) is 11.6 Å². The average Bonchev–Trinajstić information content (AvgIpc) is 3.02. The molecule has 2 atom stereocenters. The van der Waals surface area contributed by atoms with E-state index in [0.717, 1.165) is 6.42 Å². The molecule has 1 saturated carbocycles. The van der Waals surface area contributed by atoms with Crippen molar-refractivity contribution < 1.29 is 30.2 Å². The minimum absolute atomic E-state index is 0.136. The third-order valence-corrected chi connectivity index (χ3v) is 6.42. The summed E-state index contributed by atoms with van der Waals surface area (Å²) in [6.45, 7) is -0.270. The zero-order valence-electron chi connectivity index (χ0n) is 9.71. The number of hydrogen-bond acceptors (Lipinski definition) is 4. The van der Waals surface area contributed by atoms with Gasteiger partial charge in [0.1, 0.15) is 0 Å². The van der Waals surface area contributed by atoms with Gasteiger partial charge in [-0.05, 0) is 31.1 Å². The number of halogens is 2. The maximum Gasteiger partial charge on any atom is 0.484 e. The lowest BCUT2D eigenvalue weighted by Crippen LogP contribution is -2.46. The molecule has 6 nitrogen and oxygen atoms in total. The van der Waals surface area contributed by atoms with Gasteiger partial charge in [0.05, 0.1) is 0 Å². The van der Waals surface area contributed by atoms with E-state index < -0.39 is 24.7 Å². The molecule has 2 unspecified atom stereocenters. The Kier molecular flexibility index (Phi) is 3.49. The molecular weight excluding hydrogens is 304 g/mol. The molecule has 1 fully saturated rings. The van der Waals surface area contributed by atoms with Crippen LogP contribution in [-0.4, -0.2) is 32.5 Å². The van der Waals surface area contributed by atoms with E-state index >= 15 is 0 Å². The molecule has 0 aromatic heterocycles. The Bertz CT molecular complexity index is 611. The van der Waals surface area contributed by atoms with Crippen molar-refractivity contribution in [1.29, 1.82) is 0 Å². The first-order chi connectivity index (χ1) is 8.54. The van der Waals surface area contributed by atoms with Crippen molar-refractivity contribution in [2.24, 2.45) is 11.8 Å². The van der Waals surface area contributed by atoms with Crippen LogP contribution < -0.4 is 4.72 Å². The Morgan fingerprint density at radius 3 is 2.53 bits per heavy atom. The summed E-state index contributed by atoms with van der Waals surface area (Å²) in [4.78, 5) is 0. The number of hydrogen-bond donors (Lipinski definition) is 2. The number of allylic oxidation sites excluding steroid dienone is 2. The monoisotopic (exact) mass is 317 g/mol. The highest BCUT2D eigenvalue weighted by Crippen LogP contribution is 2.47. The molecule has 0 amide bonds. The van der Waals surface area contributed by atoms with Crippen molar-refractivity contribution in [3.8, 4) is 0 Å². The topological polar surface area (TPSA) is 101 Å². The van der Waals surface area contributed by atoms with Gasteiger partial charge in [0.2, 0.25) is 0 Å². The molecule has 0 radical (unpaired) electrons. The van der Waals surface area contributed by atoms with E-state index in [4.69, 9.17) is 4.55 Å². The van der Waals surface area contributed by atoms with Crippen molar-refractivity contribution in [2.75, 3.05) is 6.54 Å². The molecule has 0 spiro atoms. The van der Waals surface area contributed by atoms with Crippen molar-refractivity contribution in [3.63, 3.8) is 0 Å². The van der Waals surface area contributed by atoms with Gasteiger partial charge in [0.15, 0.2) is 0 Å². The Morgan fingerprint density at radius 2 is 2.00 bits per heavy atom. The third-order valence-electron chi connectivity index (χ3n) is 3.35. The van der Waals surface area contributed by atoms with Crippen LogP contribution in [0.2, 0.25) is 0 Å². The molecule has 2 N–H and O–H groups in total. The first kappa shape index (κ1) is 14.8. The number of sulfonamides is 1. The maximum absolute atomic E-state index is 13.0. The van der Waals surface area contributed by atoms with E-state index in [0.29, 0.717) is 18.8 Å². The fraction of sp³-hybridized carbons (Fsp3) is 0.778. The van der Waals surface area contributed by atoms with Crippen molar-refractivity contribution in [1.82, 2.24) is 4.72 Å². The second kappa shape index (κ2) is 4.47. The third kappa shape index (κ3) is 2.81. The summed E-state index contributed by atoms with van der Waals surface area (Å²) in [6, 6.07) is 0. The first-order valence-corrected chi connectivity index (χ1v) is 8.50. The SMILES string of the molecule is O=S(=O)(O)C(F)(F)S(=O)(=O)NCC1CC=C2CC2C1. The fourth-order valence-corrected chi connectivity index (χ4v) is 4.05. The van der Waals surface area contributed by atoms with Crippen LogP contribution in [0, 0.1) is 11.8 Å². The zero-order chi connectivity index (χ0) is 14.5. The average molecular weight is 317 g/mol. The molecule has 19 heavy (non-hydrogen) atoms. The summed E-state index contributed by atoms with van der Waals surface area (Å²) in [5, 5.41) is 0. The number of alkyl halides is 2. The Labute approximate surface area is 109 Å². The summed E-state index contributed by atoms with van der Waals surface area (Å²) < 4.78 is 73.9. The maximum atomic E-state index is 13.0. The van der Waals surface area contributed by atoms with E-state index in [2.05, 4.69) is 0 Å². The molecule has 2 rings (SSSR count). The predicted octanol–water partition coefficient (Wildman–Crippen LogP) is 0.700. The number of rotatable bonds is 5. The minimum atomic E-state index is -6.01. The largest absolute Gasteiger partial charge is 0.484 e. The zero-order valence-corrected chi connectivity index (χ0v) is 11.3. The fourth-order valence-electron chi connectivity index (χ4n) is 2.14. The molecule has 0 saturated heterocycles. The molecule has 2 aliphatic carbocycles. The number of fused-ring (bicyclic) bond motifs is 1. The lowest BCUT2D eigenvalue weighted by Gasteiger charge is -2.20. The van der Waals surface area contributed by atoms with Crippen LogP contribution in [0.25, 0.3) is 0 Å². The summed E-state index contributed by atoms with van der Waals surface area (Å²) in [5.74, 6) is 0.272. The molecule has 0 bridgehead atoms. The molecule has 110 valence electrons. The normalized spacial score (nSPS) is 27.6. The van der Waals surface area contributed by atoms with Crippen LogP contribution in [0.5, 0.6) is 0 Å². The first-order valence-electron chi connectivity index (χ1n) is 5.57. The van der Waals surface area contributed by atoms with Gasteiger partial charge in [0.25, 0.3) is 10.0 Å². The van der Waals surface area contributed by atoms with Crippen LogP contribution in [-0.2, 0) is 20.1 Å². The molecule has 0 aromatic rings. The summed E-state index contributed by atoms with van der Waals surface area (Å²) in [6.07, 6.45) is 4.19. The van der Waals surface area contributed by atoms with E-state index in [1.165, 1.54) is 5.57 Å². The molecular formula is C9H13F2NO5S2. The quantitative estimate of drug-likeness (QED) is 0.574. The highest BCUT2D eigenvalue weighted by molar-refractivity contribution is 8.06. The van der Waals surface area contributed by atoms with Gasteiger partial charge in [-0.2, -0.15) is 17.2 Å². The Hall–Kier alpha value is -0.580. The predicted molar refractivity (Wildman–Crippen MR) is 62.3 cm³/mol. The van der Waals surface area contributed by atoms with Crippen LogP contribution in [0.1, 0.15) is 19.3 Å². The van der Waals surface area contributed by atoms with Crippen LogP contribution in [0.4, 0.5) is 8.78 Å². The van der Waals surface area contributed by atoms with Gasteiger partial charge in [0, 0.05) is 6.54 Å². The van der Waals surface area contributed by atoms with E-state index in [1.54, 1.807) is 4.72 Å². The summed E-state index contributed by atoms with van der Waals surface area (Å²) in [7, 11) is -11.5. The minimum Gasteiger partial charge on any atom is -0.280 e. The van der Waals surface area contributed by atoms with Gasteiger partial charge in [-0.15, -0.1) is 0 Å². The lowest BCUT2D eigenvalue weighted by atomic mass is 9.94. The standard InChI is InChI=1S/C9H13F2NO5S2/c10-9(11,19(15,16)17)18(13,14)12-5-6-1-2-7-4-8(7)3-6/h2,6,8,12H,1,3-5H2,(H,15,16,17). The second-order valence-corrected chi connectivity index (χ2v) is 8.34. The van der Waals surface area contributed by atoms with Gasteiger partial charge in [-0.25, -0.2) is 13.1 Å². The molecule has 2 aliphatic rings. The molecule has 0 aliphatic heterocycles. The molecule has 0 heterocycles. The van der Waals surface area contributed by atoms with E-state index in [9.17, 15) is 25.6 Å². The summed E-state index contributed by atoms with van der Waals surface area (Å²) in [5.41, 5.74) is 1.31. The molecule has 10 heteroatoms. The van der Waals surface area contributed by atoms with Crippen molar-refractivity contribution >= 4 is 20.1 Å². The van der Waals surface area contributed by atoms with Crippen LogP contribution >= 0.6 is 0 Å². The highest BCUT2D eigenvalue weighted by atomic mass is 32.3. The van der Waals surface area contributed by atoms with Gasteiger partial charge >= 0.3 is 14.7 Å². The summed E-state index contributed by atoms with van der Waals surface area (Å²) >= 11 is 0. The highest BCUT2D eigenvalue weighted by Gasteiger charge is 2.57.